The first-order valence-corrected chi connectivity index (χ1v) is 9.35. The summed E-state index contributed by atoms with van der Waals surface area (Å²) < 4.78 is 13.1. The zero-order valence-corrected chi connectivity index (χ0v) is 15.7. The normalized spacial score (nSPS) is 15.3. The average Bonchev–Trinajstić information content (AvgIpc) is 2.67. The number of amides is 1. The molecule has 1 aliphatic heterocycles. The van der Waals surface area contributed by atoms with Gasteiger partial charge in [-0.2, -0.15) is 0 Å². The Kier molecular flexibility index (Phi) is 6.60. The van der Waals surface area contributed by atoms with Gasteiger partial charge in [-0.05, 0) is 48.4 Å². The lowest BCUT2D eigenvalue weighted by Crippen LogP contribution is -2.48. The molecule has 27 heavy (non-hydrogen) atoms. The fraction of sp³-hybridized carbons (Fsp3) is 0.318. The van der Waals surface area contributed by atoms with Gasteiger partial charge >= 0.3 is 0 Å². The highest BCUT2D eigenvalue weighted by Gasteiger charge is 2.16. The Balaban J connectivity index is 1.37. The molecular formula is C22H26FN3O. The molecule has 0 aliphatic carbocycles. The Morgan fingerprint density at radius 2 is 1.89 bits per heavy atom. The lowest BCUT2D eigenvalue weighted by molar-refractivity contribution is -0.116. The number of anilines is 1. The van der Waals surface area contributed by atoms with Crippen LogP contribution in [0, 0.1) is 12.7 Å². The van der Waals surface area contributed by atoms with Crippen LogP contribution in [0.4, 0.5) is 10.1 Å². The summed E-state index contributed by atoms with van der Waals surface area (Å²) in [6, 6.07) is 14.8. The molecule has 1 aliphatic rings. The molecule has 0 saturated carbocycles. The number of rotatable bonds is 6. The zero-order valence-electron chi connectivity index (χ0n) is 15.7. The molecule has 1 amide bonds. The van der Waals surface area contributed by atoms with Crippen molar-refractivity contribution in [1.82, 2.24) is 10.2 Å². The lowest BCUT2D eigenvalue weighted by atomic mass is 10.2. The second kappa shape index (κ2) is 9.33. The maximum Gasteiger partial charge on any atom is 0.244 e. The smallest absolute Gasteiger partial charge is 0.244 e. The molecule has 5 heteroatoms. The molecule has 1 N–H and O–H groups in total. The average molecular weight is 367 g/mol. The standard InChI is InChI=1S/C22H26FN3O/c1-18-4-2-7-21(16-18)26-14-12-25(13-15-26)11-10-24-22(27)9-8-19-5-3-6-20(23)17-19/h2-9,16-17H,10-15H2,1H3,(H,24,27). The van der Waals surface area contributed by atoms with Crippen molar-refractivity contribution in [3.8, 4) is 0 Å². The first kappa shape index (κ1) is 19.1. The second-order valence-corrected chi connectivity index (χ2v) is 6.85. The van der Waals surface area contributed by atoms with Gasteiger partial charge in [0.15, 0.2) is 0 Å². The van der Waals surface area contributed by atoms with E-state index in [-0.39, 0.29) is 11.7 Å². The van der Waals surface area contributed by atoms with Crippen LogP contribution in [0.1, 0.15) is 11.1 Å². The van der Waals surface area contributed by atoms with E-state index in [2.05, 4.69) is 46.3 Å². The SMILES string of the molecule is Cc1cccc(N2CCN(CCNC(=O)C=Cc3cccc(F)c3)CC2)c1. The fourth-order valence-electron chi connectivity index (χ4n) is 3.23. The van der Waals surface area contributed by atoms with E-state index in [1.165, 1.54) is 29.5 Å². The number of halogens is 1. The van der Waals surface area contributed by atoms with Crippen LogP contribution in [0.25, 0.3) is 6.08 Å². The molecule has 0 aromatic heterocycles. The van der Waals surface area contributed by atoms with Crippen molar-refractivity contribution in [2.75, 3.05) is 44.2 Å². The summed E-state index contributed by atoms with van der Waals surface area (Å²) in [6.45, 7) is 7.53. The van der Waals surface area contributed by atoms with E-state index < -0.39 is 0 Å². The monoisotopic (exact) mass is 367 g/mol. The molecule has 1 fully saturated rings. The summed E-state index contributed by atoms with van der Waals surface area (Å²) in [5.74, 6) is -0.458. The van der Waals surface area contributed by atoms with Crippen LogP contribution < -0.4 is 10.2 Å². The number of nitrogens with one attached hydrogen (secondary N) is 1. The van der Waals surface area contributed by atoms with Crippen LogP contribution in [-0.4, -0.2) is 50.1 Å². The van der Waals surface area contributed by atoms with Gasteiger partial charge in [-0.1, -0.05) is 24.3 Å². The summed E-state index contributed by atoms with van der Waals surface area (Å²) in [4.78, 5) is 16.7. The molecule has 0 spiro atoms. The van der Waals surface area contributed by atoms with Gasteiger partial charge in [-0.3, -0.25) is 9.69 Å². The van der Waals surface area contributed by atoms with Gasteiger partial charge < -0.3 is 10.2 Å². The molecule has 142 valence electrons. The quantitative estimate of drug-likeness (QED) is 0.797. The van der Waals surface area contributed by atoms with Crippen molar-refractivity contribution in [2.24, 2.45) is 0 Å². The first-order chi connectivity index (χ1) is 13.1. The Morgan fingerprint density at radius 1 is 1.11 bits per heavy atom. The molecule has 0 radical (unpaired) electrons. The largest absolute Gasteiger partial charge is 0.369 e. The van der Waals surface area contributed by atoms with Crippen LogP contribution in [0.5, 0.6) is 0 Å². The number of aryl methyl sites for hydroxylation is 1. The van der Waals surface area contributed by atoms with E-state index in [1.807, 2.05) is 0 Å². The highest BCUT2D eigenvalue weighted by molar-refractivity contribution is 5.91. The topological polar surface area (TPSA) is 35.6 Å². The van der Waals surface area contributed by atoms with Gasteiger partial charge in [0.05, 0.1) is 0 Å². The van der Waals surface area contributed by atoms with Crippen molar-refractivity contribution < 1.29 is 9.18 Å². The predicted octanol–water partition coefficient (Wildman–Crippen LogP) is 3.09. The Bertz CT molecular complexity index is 798. The van der Waals surface area contributed by atoms with Crippen LogP contribution >= 0.6 is 0 Å². The fourth-order valence-corrected chi connectivity index (χ4v) is 3.23. The summed E-state index contributed by atoms with van der Waals surface area (Å²) in [6.07, 6.45) is 3.07. The van der Waals surface area contributed by atoms with E-state index in [0.717, 1.165) is 32.7 Å². The molecule has 1 saturated heterocycles. The number of benzene rings is 2. The van der Waals surface area contributed by atoms with E-state index in [9.17, 15) is 9.18 Å². The number of nitrogens with zero attached hydrogens (tertiary/aromatic N) is 2. The summed E-state index contributed by atoms with van der Waals surface area (Å²) >= 11 is 0. The van der Waals surface area contributed by atoms with E-state index in [0.29, 0.717) is 12.1 Å². The minimum absolute atomic E-state index is 0.155. The minimum Gasteiger partial charge on any atom is -0.369 e. The summed E-state index contributed by atoms with van der Waals surface area (Å²) in [7, 11) is 0. The van der Waals surface area contributed by atoms with Crippen molar-refractivity contribution in [2.45, 2.75) is 6.92 Å². The molecular weight excluding hydrogens is 341 g/mol. The molecule has 0 atom stereocenters. The van der Waals surface area contributed by atoms with Crippen LogP contribution in [0.3, 0.4) is 0 Å². The second-order valence-electron chi connectivity index (χ2n) is 6.85. The van der Waals surface area contributed by atoms with Crippen molar-refractivity contribution >= 4 is 17.7 Å². The van der Waals surface area contributed by atoms with Crippen molar-refractivity contribution in [3.63, 3.8) is 0 Å². The molecule has 2 aromatic carbocycles. The van der Waals surface area contributed by atoms with E-state index >= 15 is 0 Å². The van der Waals surface area contributed by atoms with Gasteiger partial charge in [-0.15, -0.1) is 0 Å². The first-order valence-electron chi connectivity index (χ1n) is 9.35. The molecule has 0 bridgehead atoms. The minimum atomic E-state index is -0.303. The zero-order chi connectivity index (χ0) is 19.1. The molecule has 4 nitrogen and oxygen atoms in total. The van der Waals surface area contributed by atoms with E-state index in [4.69, 9.17) is 0 Å². The van der Waals surface area contributed by atoms with Gasteiger partial charge in [-0.25, -0.2) is 4.39 Å². The van der Waals surface area contributed by atoms with Crippen LogP contribution in [0.2, 0.25) is 0 Å². The highest BCUT2D eigenvalue weighted by Crippen LogP contribution is 2.17. The Hall–Kier alpha value is -2.66. The predicted molar refractivity (Wildman–Crippen MR) is 108 cm³/mol. The third-order valence-electron chi connectivity index (χ3n) is 4.74. The maximum atomic E-state index is 13.1. The van der Waals surface area contributed by atoms with Crippen molar-refractivity contribution in [3.05, 3.63) is 71.6 Å². The number of hydrogen-bond acceptors (Lipinski definition) is 3. The van der Waals surface area contributed by atoms with Crippen LogP contribution in [-0.2, 0) is 4.79 Å². The van der Waals surface area contributed by atoms with Gasteiger partial charge in [0.25, 0.3) is 0 Å². The summed E-state index contributed by atoms with van der Waals surface area (Å²) in [5, 5.41) is 2.89. The molecule has 0 unspecified atom stereocenters. The van der Waals surface area contributed by atoms with Gasteiger partial charge in [0.2, 0.25) is 5.91 Å². The number of hydrogen-bond donors (Lipinski definition) is 1. The maximum absolute atomic E-state index is 13.1. The third-order valence-corrected chi connectivity index (χ3v) is 4.74. The van der Waals surface area contributed by atoms with Gasteiger partial charge in [0.1, 0.15) is 5.82 Å². The Labute approximate surface area is 160 Å². The van der Waals surface area contributed by atoms with E-state index in [1.54, 1.807) is 18.2 Å². The van der Waals surface area contributed by atoms with Crippen LogP contribution in [0.15, 0.2) is 54.6 Å². The molecule has 3 rings (SSSR count). The number of carbonyl (C=O) groups is 1. The van der Waals surface area contributed by atoms with Crippen molar-refractivity contribution in [1.29, 1.82) is 0 Å². The third kappa shape index (κ3) is 5.93. The van der Waals surface area contributed by atoms with Gasteiger partial charge in [0, 0.05) is 51.0 Å². The number of piperazine rings is 1. The number of carbonyl (C=O) groups excluding carboxylic acids is 1. The highest BCUT2D eigenvalue weighted by atomic mass is 19.1. The summed E-state index contributed by atoms with van der Waals surface area (Å²) in [5.41, 5.74) is 3.24. The molecule has 1 heterocycles. The molecule has 2 aromatic rings. The lowest BCUT2D eigenvalue weighted by Gasteiger charge is -2.36. The Morgan fingerprint density at radius 3 is 2.63 bits per heavy atom.